The number of aromatic hydroxyl groups is 1. The van der Waals surface area contributed by atoms with Gasteiger partial charge in [-0.3, -0.25) is 9.59 Å². The summed E-state index contributed by atoms with van der Waals surface area (Å²) in [7, 11) is 0. The van der Waals surface area contributed by atoms with Crippen LogP contribution in [-0.2, 0) is 16.0 Å². The number of nitrogens with one attached hydrogen (secondary N) is 1. The molecule has 0 fully saturated rings. The van der Waals surface area contributed by atoms with E-state index in [2.05, 4.69) is 5.32 Å². The van der Waals surface area contributed by atoms with Crippen LogP contribution in [0.2, 0.25) is 0 Å². The minimum atomic E-state index is -0.965. The molecule has 19 heavy (non-hydrogen) atoms. The van der Waals surface area contributed by atoms with Gasteiger partial charge in [0.15, 0.2) is 0 Å². The third-order valence-electron chi connectivity index (χ3n) is 2.73. The summed E-state index contributed by atoms with van der Waals surface area (Å²) in [6.45, 7) is 1.56. The van der Waals surface area contributed by atoms with Crippen LogP contribution in [0.25, 0.3) is 0 Å². The number of carboxylic acids is 1. The zero-order chi connectivity index (χ0) is 14.4. The van der Waals surface area contributed by atoms with Crippen LogP contribution in [0.5, 0.6) is 5.75 Å². The first-order chi connectivity index (χ1) is 8.90. The minimum Gasteiger partial charge on any atom is -0.508 e. The van der Waals surface area contributed by atoms with Crippen LogP contribution in [0.1, 0.15) is 12.5 Å². The van der Waals surface area contributed by atoms with Gasteiger partial charge in [0.1, 0.15) is 5.75 Å². The predicted octanol–water partition coefficient (Wildman–Crippen LogP) is 0.0989. The normalized spacial score (nSPS) is 13.6. The Balaban J connectivity index is 2.44. The van der Waals surface area contributed by atoms with Crippen molar-refractivity contribution in [2.45, 2.75) is 19.4 Å². The Labute approximate surface area is 111 Å². The number of nitrogens with two attached hydrogens (primary N) is 1. The fraction of sp³-hybridized carbons (Fsp3) is 0.385. The molecule has 1 unspecified atom stereocenters. The van der Waals surface area contributed by atoms with Crippen molar-refractivity contribution in [2.24, 2.45) is 11.7 Å². The van der Waals surface area contributed by atoms with E-state index >= 15 is 0 Å². The molecule has 1 aromatic rings. The third-order valence-corrected chi connectivity index (χ3v) is 2.73. The van der Waals surface area contributed by atoms with E-state index in [0.717, 1.165) is 5.56 Å². The Kier molecular flexibility index (Phi) is 5.32. The highest BCUT2D eigenvalue weighted by atomic mass is 16.4. The lowest BCUT2D eigenvalue weighted by Gasteiger charge is -2.13. The van der Waals surface area contributed by atoms with Crippen LogP contribution >= 0.6 is 0 Å². The summed E-state index contributed by atoms with van der Waals surface area (Å²) in [6, 6.07) is 5.66. The zero-order valence-corrected chi connectivity index (χ0v) is 10.7. The molecule has 1 rings (SSSR count). The lowest BCUT2D eigenvalue weighted by molar-refractivity contribution is -0.141. The zero-order valence-electron chi connectivity index (χ0n) is 10.7. The van der Waals surface area contributed by atoms with Gasteiger partial charge in [-0.15, -0.1) is 0 Å². The van der Waals surface area contributed by atoms with E-state index in [0.29, 0.717) is 6.42 Å². The molecule has 0 aliphatic carbocycles. The molecule has 2 atom stereocenters. The molecule has 6 heteroatoms. The number of phenols is 1. The second-order valence-electron chi connectivity index (χ2n) is 4.46. The highest BCUT2D eigenvalue weighted by molar-refractivity contribution is 5.82. The fourth-order valence-corrected chi connectivity index (χ4v) is 1.45. The molecular weight excluding hydrogens is 248 g/mol. The lowest BCUT2D eigenvalue weighted by atomic mass is 10.1. The quantitative estimate of drug-likeness (QED) is 0.583. The Morgan fingerprint density at radius 3 is 2.42 bits per heavy atom. The van der Waals surface area contributed by atoms with Crippen LogP contribution in [0.3, 0.4) is 0 Å². The Bertz CT molecular complexity index is 444. The molecule has 0 aliphatic heterocycles. The van der Waals surface area contributed by atoms with Crippen molar-refractivity contribution in [3.63, 3.8) is 0 Å². The summed E-state index contributed by atoms with van der Waals surface area (Å²) in [5.41, 5.74) is 6.55. The molecule has 0 aliphatic rings. The third kappa shape index (κ3) is 4.97. The van der Waals surface area contributed by atoms with Gasteiger partial charge >= 0.3 is 5.97 Å². The molecule has 104 valence electrons. The molecule has 1 aromatic carbocycles. The van der Waals surface area contributed by atoms with E-state index in [1.165, 1.54) is 19.1 Å². The molecule has 6 nitrogen and oxygen atoms in total. The smallest absolute Gasteiger partial charge is 0.308 e. The number of aliphatic carboxylic acids is 1. The van der Waals surface area contributed by atoms with E-state index < -0.39 is 17.9 Å². The molecule has 0 aromatic heterocycles. The van der Waals surface area contributed by atoms with Crippen molar-refractivity contribution in [2.75, 3.05) is 6.54 Å². The van der Waals surface area contributed by atoms with Crippen molar-refractivity contribution in [3.05, 3.63) is 29.8 Å². The lowest BCUT2D eigenvalue weighted by Crippen LogP contribution is -2.44. The average molecular weight is 266 g/mol. The fourth-order valence-electron chi connectivity index (χ4n) is 1.45. The summed E-state index contributed by atoms with van der Waals surface area (Å²) in [4.78, 5) is 22.3. The van der Waals surface area contributed by atoms with Gasteiger partial charge in [-0.05, 0) is 24.1 Å². The largest absolute Gasteiger partial charge is 0.508 e. The van der Waals surface area contributed by atoms with E-state index in [4.69, 9.17) is 15.9 Å². The first-order valence-electron chi connectivity index (χ1n) is 5.94. The number of hydrogen-bond acceptors (Lipinski definition) is 4. The van der Waals surface area contributed by atoms with Crippen LogP contribution < -0.4 is 11.1 Å². The Morgan fingerprint density at radius 2 is 1.89 bits per heavy atom. The van der Waals surface area contributed by atoms with Crippen LogP contribution in [-0.4, -0.2) is 34.7 Å². The van der Waals surface area contributed by atoms with Crippen LogP contribution in [0, 0.1) is 5.92 Å². The first-order valence-corrected chi connectivity index (χ1v) is 5.94. The molecule has 1 amide bonds. The number of rotatable bonds is 6. The number of carboxylic acid groups (broad SMARTS) is 1. The van der Waals surface area contributed by atoms with E-state index in [9.17, 15) is 9.59 Å². The molecule has 0 saturated heterocycles. The molecule has 0 bridgehead atoms. The van der Waals surface area contributed by atoms with Gasteiger partial charge < -0.3 is 21.3 Å². The Hall–Kier alpha value is -2.08. The SMILES string of the molecule is CC(CNC(=O)[C@@H](N)Cc1ccc(O)cc1)C(=O)O. The molecule has 5 N–H and O–H groups in total. The summed E-state index contributed by atoms with van der Waals surface area (Å²) in [5.74, 6) is -1.85. The number of benzene rings is 1. The second kappa shape index (κ2) is 6.75. The maximum atomic E-state index is 11.7. The average Bonchev–Trinajstić information content (AvgIpc) is 2.37. The summed E-state index contributed by atoms with van der Waals surface area (Å²) in [5, 5.41) is 20.3. The van der Waals surface area contributed by atoms with Crippen molar-refractivity contribution < 1.29 is 19.8 Å². The van der Waals surface area contributed by atoms with Gasteiger partial charge in [-0.25, -0.2) is 0 Å². The molecular formula is C13H18N2O4. The van der Waals surface area contributed by atoms with Crippen LogP contribution in [0.4, 0.5) is 0 Å². The van der Waals surface area contributed by atoms with Gasteiger partial charge in [0.05, 0.1) is 12.0 Å². The monoisotopic (exact) mass is 266 g/mol. The number of carbonyl (C=O) groups is 2. The topological polar surface area (TPSA) is 113 Å². The minimum absolute atomic E-state index is 0.0530. The van der Waals surface area contributed by atoms with E-state index in [-0.39, 0.29) is 18.2 Å². The number of hydrogen-bond donors (Lipinski definition) is 4. The number of carbonyl (C=O) groups excluding carboxylic acids is 1. The van der Waals surface area contributed by atoms with Gasteiger partial charge in [0.2, 0.25) is 5.91 Å². The van der Waals surface area contributed by atoms with Crippen molar-refractivity contribution in [1.29, 1.82) is 0 Å². The van der Waals surface area contributed by atoms with Crippen molar-refractivity contribution >= 4 is 11.9 Å². The summed E-state index contributed by atoms with van der Waals surface area (Å²) < 4.78 is 0. The standard InChI is InChI=1S/C13H18N2O4/c1-8(13(18)19)7-15-12(17)11(14)6-9-2-4-10(16)5-3-9/h2-5,8,11,16H,6-7,14H2,1H3,(H,15,17)(H,18,19)/t8?,11-/m0/s1. The molecule has 0 radical (unpaired) electrons. The van der Waals surface area contributed by atoms with Gasteiger partial charge in [-0.2, -0.15) is 0 Å². The van der Waals surface area contributed by atoms with E-state index in [1.807, 2.05) is 0 Å². The maximum absolute atomic E-state index is 11.7. The first kappa shape index (κ1) is 15.0. The van der Waals surface area contributed by atoms with Gasteiger partial charge in [0.25, 0.3) is 0 Å². The van der Waals surface area contributed by atoms with E-state index in [1.54, 1.807) is 12.1 Å². The molecule has 0 spiro atoms. The van der Waals surface area contributed by atoms with Crippen LogP contribution in [0.15, 0.2) is 24.3 Å². The molecule has 0 heterocycles. The highest BCUT2D eigenvalue weighted by Crippen LogP contribution is 2.10. The Morgan fingerprint density at radius 1 is 1.32 bits per heavy atom. The van der Waals surface area contributed by atoms with Crippen molar-refractivity contribution in [1.82, 2.24) is 5.32 Å². The predicted molar refractivity (Wildman–Crippen MR) is 69.6 cm³/mol. The maximum Gasteiger partial charge on any atom is 0.308 e. The van der Waals surface area contributed by atoms with Gasteiger partial charge in [-0.1, -0.05) is 19.1 Å². The van der Waals surface area contributed by atoms with Crippen molar-refractivity contribution in [3.8, 4) is 5.75 Å². The summed E-state index contributed by atoms with van der Waals surface area (Å²) in [6.07, 6.45) is 0.327. The molecule has 0 saturated carbocycles. The second-order valence-corrected chi connectivity index (χ2v) is 4.46. The number of phenolic OH excluding ortho intramolecular Hbond substituents is 1. The highest BCUT2D eigenvalue weighted by Gasteiger charge is 2.17. The number of amides is 1. The summed E-state index contributed by atoms with van der Waals surface area (Å²) >= 11 is 0. The van der Waals surface area contributed by atoms with Gasteiger partial charge in [0, 0.05) is 6.54 Å².